The van der Waals surface area contributed by atoms with Gasteiger partial charge in [-0.2, -0.15) is 5.10 Å². The van der Waals surface area contributed by atoms with Crippen molar-refractivity contribution in [2.75, 3.05) is 26.2 Å². The second-order valence-electron chi connectivity index (χ2n) is 9.28. The number of nitrogens with zero attached hydrogens (tertiary/aromatic N) is 4. The highest BCUT2D eigenvalue weighted by molar-refractivity contribution is 5.87. The molecule has 0 saturated carbocycles. The molecule has 1 aromatic heterocycles. The zero-order valence-corrected chi connectivity index (χ0v) is 17.0. The number of rotatable bonds is 1. The lowest BCUT2D eigenvalue weighted by molar-refractivity contribution is -0.141. The van der Waals surface area contributed by atoms with Crippen molar-refractivity contribution in [1.82, 2.24) is 29.9 Å². The number of aromatic nitrogens is 3. The van der Waals surface area contributed by atoms with Crippen molar-refractivity contribution >= 4 is 11.8 Å². The molecular formula is C19H30N6O3. The molecule has 154 valence electrons. The molecule has 1 unspecified atom stereocenters. The van der Waals surface area contributed by atoms with Gasteiger partial charge in [-0.1, -0.05) is 13.8 Å². The van der Waals surface area contributed by atoms with E-state index in [0.29, 0.717) is 51.9 Å². The Balaban J connectivity index is 1.41. The Morgan fingerprint density at radius 2 is 1.89 bits per heavy atom. The predicted octanol–water partition coefficient (Wildman–Crippen LogP) is -0.749. The lowest BCUT2D eigenvalue weighted by Gasteiger charge is -2.41. The van der Waals surface area contributed by atoms with E-state index in [9.17, 15) is 14.4 Å². The van der Waals surface area contributed by atoms with Crippen LogP contribution in [0.2, 0.25) is 0 Å². The van der Waals surface area contributed by atoms with E-state index in [-0.39, 0.29) is 28.8 Å². The van der Waals surface area contributed by atoms with Crippen molar-refractivity contribution in [3.8, 4) is 0 Å². The summed E-state index contributed by atoms with van der Waals surface area (Å²) in [5, 5.41) is 10.8. The van der Waals surface area contributed by atoms with Crippen molar-refractivity contribution in [3.05, 3.63) is 16.3 Å². The first-order valence-electron chi connectivity index (χ1n) is 10.2. The van der Waals surface area contributed by atoms with Gasteiger partial charge in [-0.25, -0.2) is 9.48 Å². The van der Waals surface area contributed by atoms with Gasteiger partial charge in [0.05, 0.1) is 5.92 Å². The van der Waals surface area contributed by atoms with E-state index in [4.69, 9.17) is 0 Å². The van der Waals surface area contributed by atoms with Crippen LogP contribution in [0, 0.1) is 11.3 Å². The van der Waals surface area contributed by atoms with Crippen LogP contribution in [0.5, 0.6) is 0 Å². The summed E-state index contributed by atoms with van der Waals surface area (Å²) >= 11 is 0. The molecule has 3 aliphatic rings. The van der Waals surface area contributed by atoms with E-state index in [1.54, 1.807) is 11.6 Å². The zero-order chi connectivity index (χ0) is 20.1. The number of piperidine rings is 1. The highest BCUT2D eigenvalue weighted by atomic mass is 16.2. The minimum atomic E-state index is -0.579. The van der Waals surface area contributed by atoms with E-state index in [1.165, 1.54) is 4.68 Å². The third-order valence-electron chi connectivity index (χ3n) is 6.55. The van der Waals surface area contributed by atoms with Crippen LogP contribution in [-0.2, 0) is 29.6 Å². The van der Waals surface area contributed by atoms with Crippen molar-refractivity contribution in [3.63, 3.8) is 0 Å². The Bertz CT molecular complexity index is 846. The minimum absolute atomic E-state index is 0.0168. The molecule has 9 nitrogen and oxygen atoms in total. The average molecular weight is 390 g/mol. The maximum atomic E-state index is 13.1. The Morgan fingerprint density at radius 1 is 1.18 bits per heavy atom. The van der Waals surface area contributed by atoms with Crippen LogP contribution in [0.25, 0.3) is 0 Å². The third-order valence-corrected chi connectivity index (χ3v) is 6.55. The van der Waals surface area contributed by atoms with Crippen LogP contribution >= 0.6 is 0 Å². The Labute approximate surface area is 164 Å². The molecular weight excluding hydrogens is 360 g/mol. The number of aryl methyl sites for hydroxylation is 2. The summed E-state index contributed by atoms with van der Waals surface area (Å²) in [6.45, 7) is 7.22. The largest absolute Gasteiger partial charge is 0.354 e. The molecule has 3 aliphatic heterocycles. The van der Waals surface area contributed by atoms with Gasteiger partial charge >= 0.3 is 5.69 Å². The van der Waals surface area contributed by atoms with Gasteiger partial charge in [-0.15, -0.1) is 0 Å². The summed E-state index contributed by atoms with van der Waals surface area (Å²) in [6, 6.07) is 0. The summed E-state index contributed by atoms with van der Waals surface area (Å²) in [5.74, 6) is 0.703. The number of carbonyl (C=O) groups excluding carboxylic acids is 2. The third kappa shape index (κ3) is 3.25. The lowest BCUT2D eigenvalue weighted by Crippen LogP contribution is -2.61. The summed E-state index contributed by atoms with van der Waals surface area (Å²) in [7, 11) is 1.64. The number of amides is 2. The fourth-order valence-electron chi connectivity index (χ4n) is 4.55. The predicted molar refractivity (Wildman–Crippen MR) is 103 cm³/mol. The molecule has 4 heterocycles. The van der Waals surface area contributed by atoms with Crippen LogP contribution in [0.3, 0.4) is 0 Å². The van der Waals surface area contributed by atoms with Crippen LogP contribution in [-0.4, -0.2) is 62.8 Å². The molecule has 2 N–H and O–H groups in total. The highest BCUT2D eigenvalue weighted by Gasteiger charge is 2.45. The minimum Gasteiger partial charge on any atom is -0.354 e. The second kappa shape index (κ2) is 6.72. The number of hydrogen-bond donors (Lipinski definition) is 2. The molecule has 0 radical (unpaired) electrons. The van der Waals surface area contributed by atoms with Gasteiger partial charge in [0.1, 0.15) is 11.4 Å². The van der Waals surface area contributed by atoms with Crippen molar-refractivity contribution in [2.24, 2.45) is 18.4 Å². The lowest BCUT2D eigenvalue weighted by atomic mass is 9.85. The number of carbonyl (C=O) groups is 2. The second-order valence-corrected chi connectivity index (χ2v) is 9.28. The summed E-state index contributed by atoms with van der Waals surface area (Å²) < 4.78 is 2.96. The maximum Gasteiger partial charge on any atom is 0.345 e. The first-order chi connectivity index (χ1) is 13.2. The molecule has 2 amide bonds. The molecule has 0 bridgehead atoms. The Hall–Kier alpha value is -2.16. The molecule has 1 aromatic rings. The van der Waals surface area contributed by atoms with Gasteiger partial charge in [0.2, 0.25) is 11.8 Å². The molecule has 1 spiro atoms. The van der Waals surface area contributed by atoms with E-state index in [1.807, 2.05) is 4.90 Å². The van der Waals surface area contributed by atoms with Crippen molar-refractivity contribution in [2.45, 2.75) is 51.6 Å². The number of fused-ring (bicyclic) bond motifs is 1. The number of nitrogens with one attached hydrogen (secondary N) is 2. The monoisotopic (exact) mass is 390 g/mol. The molecule has 1 atom stereocenters. The summed E-state index contributed by atoms with van der Waals surface area (Å²) in [6.07, 6.45) is 2.59. The zero-order valence-electron chi connectivity index (χ0n) is 17.0. The number of hydrogen-bond acceptors (Lipinski definition) is 5. The molecule has 0 aromatic carbocycles. The fourth-order valence-corrected chi connectivity index (χ4v) is 4.55. The quantitative estimate of drug-likeness (QED) is 0.657. The van der Waals surface area contributed by atoms with E-state index < -0.39 is 5.54 Å². The topological polar surface area (TPSA) is 101 Å². The van der Waals surface area contributed by atoms with Crippen LogP contribution in [0.4, 0.5) is 0 Å². The Morgan fingerprint density at radius 3 is 2.61 bits per heavy atom. The van der Waals surface area contributed by atoms with Gasteiger partial charge in [0, 0.05) is 46.2 Å². The molecule has 2 saturated heterocycles. The van der Waals surface area contributed by atoms with E-state index in [2.05, 4.69) is 29.6 Å². The van der Waals surface area contributed by atoms with Crippen LogP contribution in [0.1, 0.15) is 38.9 Å². The van der Waals surface area contributed by atoms with Crippen LogP contribution < -0.4 is 16.3 Å². The molecule has 9 heteroatoms. The number of likely N-dealkylation sites (tertiary alicyclic amines) is 1. The van der Waals surface area contributed by atoms with Gasteiger partial charge < -0.3 is 15.5 Å². The summed E-state index contributed by atoms with van der Waals surface area (Å²) in [4.78, 5) is 39.8. The first-order valence-corrected chi connectivity index (χ1v) is 10.2. The SMILES string of the molecule is Cn1nc2n(c1=O)CC(C(=O)N1CCC3(CC1)NCC(C)(C)CNC3=O)CC2. The molecule has 4 rings (SSSR count). The van der Waals surface area contributed by atoms with Crippen molar-refractivity contribution < 1.29 is 9.59 Å². The van der Waals surface area contributed by atoms with Gasteiger partial charge in [-0.05, 0) is 24.7 Å². The highest BCUT2D eigenvalue weighted by Crippen LogP contribution is 2.29. The Kier molecular flexibility index (Phi) is 4.60. The average Bonchev–Trinajstić information content (AvgIpc) is 2.92. The van der Waals surface area contributed by atoms with Crippen LogP contribution in [0.15, 0.2) is 4.79 Å². The normalized spacial score (nSPS) is 26.5. The van der Waals surface area contributed by atoms with E-state index >= 15 is 0 Å². The maximum absolute atomic E-state index is 13.1. The standard InChI is InChI=1S/C19H30N6O3/c1-18(2)11-20-16(27)19(21-12-18)6-8-24(9-7-19)15(26)13-4-5-14-22-23(3)17(28)25(14)10-13/h13,21H,4-12H2,1-3H3,(H,20,27). The van der Waals surface area contributed by atoms with Gasteiger partial charge in [0.25, 0.3) is 0 Å². The van der Waals surface area contributed by atoms with Gasteiger partial charge in [-0.3, -0.25) is 14.2 Å². The molecule has 2 fully saturated rings. The fraction of sp³-hybridized carbons (Fsp3) is 0.789. The molecule has 0 aliphatic carbocycles. The van der Waals surface area contributed by atoms with Crippen molar-refractivity contribution in [1.29, 1.82) is 0 Å². The first kappa shape index (κ1) is 19.2. The summed E-state index contributed by atoms with van der Waals surface area (Å²) in [5.41, 5.74) is -0.722. The smallest absolute Gasteiger partial charge is 0.345 e. The van der Waals surface area contributed by atoms with E-state index in [0.717, 1.165) is 12.4 Å². The van der Waals surface area contributed by atoms with Gasteiger partial charge in [0.15, 0.2) is 0 Å². The molecule has 28 heavy (non-hydrogen) atoms.